The third-order valence-corrected chi connectivity index (χ3v) is 9.23. The predicted molar refractivity (Wildman–Crippen MR) is 136 cm³/mol. The Hall–Kier alpha value is -1.94. The van der Waals surface area contributed by atoms with Crippen LogP contribution < -0.4 is 10.6 Å². The first kappa shape index (κ1) is 26.7. The fourth-order valence-electron chi connectivity index (χ4n) is 4.76. The Morgan fingerprint density at radius 1 is 1.32 bits per heavy atom. The van der Waals surface area contributed by atoms with Gasteiger partial charge in [0.25, 0.3) is 0 Å². The summed E-state index contributed by atoms with van der Waals surface area (Å²) in [5.41, 5.74) is 1.31. The highest BCUT2D eigenvalue weighted by Gasteiger charge is 2.33. The van der Waals surface area contributed by atoms with E-state index in [0.717, 1.165) is 41.2 Å². The molecule has 10 heteroatoms. The van der Waals surface area contributed by atoms with Crippen molar-refractivity contribution in [2.75, 3.05) is 26.7 Å². The molecule has 0 bridgehead atoms. The molecule has 0 aliphatic carbocycles. The van der Waals surface area contributed by atoms with E-state index in [0.29, 0.717) is 28.8 Å². The van der Waals surface area contributed by atoms with Crippen LogP contribution in [-0.2, 0) is 21.2 Å². The summed E-state index contributed by atoms with van der Waals surface area (Å²) in [5.74, 6) is 0.506. The quantitative estimate of drug-likeness (QED) is 0.455. The summed E-state index contributed by atoms with van der Waals surface area (Å²) >= 11 is 6.31. The Balaban J connectivity index is 1.73. The second-order valence-electron chi connectivity index (χ2n) is 9.34. The van der Waals surface area contributed by atoms with Crippen LogP contribution in [0.4, 0.5) is 0 Å². The number of sulfonamides is 1. The molecule has 3 rings (SSSR count). The molecule has 1 aliphatic rings. The van der Waals surface area contributed by atoms with Crippen LogP contribution in [0.25, 0.3) is 10.9 Å². The Bertz CT molecular complexity index is 1130. The van der Waals surface area contributed by atoms with E-state index in [4.69, 9.17) is 11.6 Å². The highest BCUT2D eigenvalue weighted by Crippen LogP contribution is 2.32. The third-order valence-electron chi connectivity index (χ3n) is 7.17. The number of aromatic nitrogens is 2. The van der Waals surface area contributed by atoms with Crippen LogP contribution in [0.5, 0.6) is 0 Å². The second-order valence-corrected chi connectivity index (χ2v) is 11.8. The van der Waals surface area contributed by atoms with Crippen LogP contribution in [-0.4, -0.2) is 61.6 Å². The van der Waals surface area contributed by atoms with Crippen molar-refractivity contribution >= 4 is 38.4 Å². The number of halogens is 1. The van der Waals surface area contributed by atoms with Crippen molar-refractivity contribution in [1.29, 1.82) is 0 Å². The monoisotopic (exact) mass is 509 g/mol. The molecule has 3 N–H and O–H groups in total. The SMILES string of the molecule is C=C(Cl)C(NC(=O)CN(C)S(=O)(=O)c1cc(CC)cc2cn[nH]c12)[C@H](C)[C@@H](C)C1CCNCC1. The zero-order chi connectivity index (χ0) is 25.0. The number of hydrogen-bond donors (Lipinski definition) is 3. The van der Waals surface area contributed by atoms with Gasteiger partial charge in [-0.3, -0.25) is 9.89 Å². The van der Waals surface area contributed by atoms with Gasteiger partial charge in [-0.15, -0.1) is 0 Å². The molecule has 34 heavy (non-hydrogen) atoms. The van der Waals surface area contributed by atoms with E-state index in [1.165, 1.54) is 7.05 Å². The van der Waals surface area contributed by atoms with E-state index in [9.17, 15) is 13.2 Å². The van der Waals surface area contributed by atoms with Gasteiger partial charge in [-0.1, -0.05) is 39.0 Å². The van der Waals surface area contributed by atoms with E-state index in [2.05, 4.69) is 41.3 Å². The fourth-order valence-corrected chi connectivity index (χ4v) is 6.36. The van der Waals surface area contributed by atoms with Gasteiger partial charge >= 0.3 is 0 Å². The van der Waals surface area contributed by atoms with Crippen LogP contribution in [0.1, 0.15) is 39.2 Å². The van der Waals surface area contributed by atoms with Gasteiger partial charge in [0.2, 0.25) is 15.9 Å². The van der Waals surface area contributed by atoms with Crippen molar-refractivity contribution in [2.24, 2.45) is 17.8 Å². The molecular formula is C24H36ClN5O3S. The Morgan fingerprint density at radius 2 is 2.00 bits per heavy atom. The summed E-state index contributed by atoms with van der Waals surface area (Å²) < 4.78 is 27.8. The molecule has 1 aromatic heterocycles. The molecule has 1 aliphatic heterocycles. The van der Waals surface area contributed by atoms with Crippen molar-refractivity contribution in [3.8, 4) is 0 Å². The van der Waals surface area contributed by atoms with E-state index in [1.807, 2.05) is 13.0 Å². The van der Waals surface area contributed by atoms with Gasteiger partial charge in [0.05, 0.1) is 24.3 Å². The maximum atomic E-state index is 13.4. The number of fused-ring (bicyclic) bond motifs is 1. The van der Waals surface area contributed by atoms with Crippen LogP contribution in [0, 0.1) is 17.8 Å². The number of hydrogen-bond acceptors (Lipinski definition) is 5. The lowest BCUT2D eigenvalue weighted by Crippen LogP contribution is -2.47. The number of aryl methyl sites for hydroxylation is 1. The lowest BCUT2D eigenvalue weighted by molar-refractivity contribution is -0.122. The summed E-state index contributed by atoms with van der Waals surface area (Å²) in [6.07, 6.45) is 4.45. The highest BCUT2D eigenvalue weighted by molar-refractivity contribution is 7.89. The molecule has 188 valence electrons. The highest BCUT2D eigenvalue weighted by atomic mass is 35.5. The lowest BCUT2D eigenvalue weighted by atomic mass is 9.76. The topological polar surface area (TPSA) is 107 Å². The molecule has 1 amide bonds. The summed E-state index contributed by atoms with van der Waals surface area (Å²) in [6.45, 7) is 11.7. The number of H-pyrrole nitrogens is 1. The van der Waals surface area contributed by atoms with Gasteiger partial charge in [0.15, 0.2) is 0 Å². The molecule has 2 aromatic rings. The van der Waals surface area contributed by atoms with Gasteiger partial charge in [-0.05, 0) is 67.8 Å². The number of nitrogens with zero attached hydrogens (tertiary/aromatic N) is 2. The predicted octanol–water partition coefficient (Wildman–Crippen LogP) is 3.25. The van der Waals surface area contributed by atoms with Crippen molar-refractivity contribution in [2.45, 2.75) is 51.0 Å². The van der Waals surface area contributed by atoms with E-state index in [-0.39, 0.29) is 17.4 Å². The fraction of sp³-hybridized carbons (Fsp3) is 0.583. The molecule has 2 heterocycles. The molecule has 1 fully saturated rings. The number of carbonyl (C=O) groups is 1. The Kier molecular flexibility index (Phi) is 8.78. The van der Waals surface area contributed by atoms with E-state index < -0.39 is 22.0 Å². The molecule has 0 spiro atoms. The summed E-state index contributed by atoms with van der Waals surface area (Å²) in [4.78, 5) is 13.1. The maximum Gasteiger partial charge on any atom is 0.245 e. The minimum Gasteiger partial charge on any atom is -0.347 e. The van der Waals surface area contributed by atoms with Gasteiger partial charge in [0.1, 0.15) is 4.90 Å². The number of nitrogens with one attached hydrogen (secondary N) is 3. The first-order chi connectivity index (χ1) is 16.1. The minimum absolute atomic E-state index is 0.0600. The third kappa shape index (κ3) is 5.82. The number of aromatic amines is 1. The first-order valence-electron chi connectivity index (χ1n) is 11.8. The average Bonchev–Trinajstić information content (AvgIpc) is 3.29. The molecular weight excluding hydrogens is 474 g/mol. The number of rotatable bonds is 10. The minimum atomic E-state index is -3.93. The van der Waals surface area contributed by atoms with Crippen LogP contribution in [0.2, 0.25) is 0 Å². The van der Waals surface area contributed by atoms with Crippen molar-refractivity contribution in [3.05, 3.63) is 35.5 Å². The number of carbonyl (C=O) groups excluding carboxylic acids is 1. The van der Waals surface area contributed by atoms with Gasteiger partial charge in [0, 0.05) is 17.5 Å². The standard InChI is InChI=1S/C24H36ClN5O3S/c1-6-18-11-20-13-27-29-24(20)21(12-18)34(32,33)30(5)14-22(31)28-23(17(4)25)16(3)15(2)19-7-9-26-10-8-19/h11-13,15-16,19,23,26H,4,6-10,14H2,1-3,5H3,(H,27,29)(H,28,31)/t15-,16-,23?/m1/s1. The maximum absolute atomic E-state index is 13.4. The first-order valence-corrected chi connectivity index (χ1v) is 13.6. The van der Waals surface area contributed by atoms with E-state index in [1.54, 1.807) is 12.3 Å². The van der Waals surface area contributed by atoms with Crippen LogP contribution >= 0.6 is 11.6 Å². The second kappa shape index (κ2) is 11.2. The zero-order valence-corrected chi connectivity index (χ0v) is 22.0. The number of piperidine rings is 1. The van der Waals surface area contributed by atoms with Gasteiger partial charge in [-0.25, -0.2) is 8.42 Å². The lowest BCUT2D eigenvalue weighted by Gasteiger charge is -2.36. The zero-order valence-electron chi connectivity index (χ0n) is 20.4. The number of likely N-dealkylation sites (N-methyl/N-ethyl adjacent to an activating group) is 1. The van der Waals surface area contributed by atoms with Crippen molar-refractivity contribution in [3.63, 3.8) is 0 Å². The molecule has 3 atom stereocenters. The summed E-state index contributed by atoms with van der Waals surface area (Å²) in [5, 5.41) is 14.1. The molecule has 1 saturated heterocycles. The van der Waals surface area contributed by atoms with E-state index >= 15 is 0 Å². The Morgan fingerprint density at radius 3 is 2.62 bits per heavy atom. The molecule has 0 saturated carbocycles. The molecule has 1 unspecified atom stereocenters. The largest absolute Gasteiger partial charge is 0.347 e. The smallest absolute Gasteiger partial charge is 0.245 e. The normalized spacial score (nSPS) is 18.1. The molecule has 8 nitrogen and oxygen atoms in total. The molecule has 0 radical (unpaired) electrons. The summed E-state index contributed by atoms with van der Waals surface area (Å²) in [6, 6.07) is 3.10. The van der Waals surface area contributed by atoms with Gasteiger partial charge < -0.3 is 10.6 Å². The van der Waals surface area contributed by atoms with Gasteiger partial charge in [-0.2, -0.15) is 9.40 Å². The van der Waals surface area contributed by atoms with Crippen molar-refractivity contribution in [1.82, 2.24) is 25.1 Å². The van der Waals surface area contributed by atoms with Crippen molar-refractivity contribution < 1.29 is 13.2 Å². The molecule has 1 aromatic carbocycles. The number of benzene rings is 1. The van der Waals surface area contributed by atoms with Crippen LogP contribution in [0.15, 0.2) is 34.8 Å². The van der Waals surface area contributed by atoms with Crippen LogP contribution in [0.3, 0.4) is 0 Å². The average molecular weight is 510 g/mol. The number of amides is 1. The Labute approximate surface area is 207 Å². The summed E-state index contributed by atoms with van der Waals surface area (Å²) in [7, 11) is -2.53.